The Hall–Kier alpha value is -4.14. The number of hydrogen-bond acceptors (Lipinski definition) is 8. The molecule has 0 saturated heterocycles. The predicted octanol–water partition coefficient (Wildman–Crippen LogP) is 2.27. The topological polar surface area (TPSA) is 143 Å². The molecule has 2 aromatic carbocycles. The lowest BCUT2D eigenvalue weighted by atomic mass is 10.2. The van der Waals surface area contributed by atoms with Crippen molar-refractivity contribution < 1.29 is 8.78 Å². The monoisotopic (exact) mass is 576 g/mol. The summed E-state index contributed by atoms with van der Waals surface area (Å²) < 4.78 is 33.3. The number of halogens is 4. The van der Waals surface area contributed by atoms with E-state index < -0.39 is 29.6 Å². The van der Waals surface area contributed by atoms with E-state index in [1.807, 2.05) is 0 Å². The molecule has 5 aromatic rings. The second kappa shape index (κ2) is 10.6. The van der Waals surface area contributed by atoms with Gasteiger partial charge in [0.25, 0.3) is 0 Å². The van der Waals surface area contributed by atoms with Crippen LogP contribution in [0.5, 0.6) is 0 Å². The molecule has 0 aliphatic rings. The van der Waals surface area contributed by atoms with Crippen molar-refractivity contribution in [1.82, 2.24) is 38.7 Å². The van der Waals surface area contributed by atoms with Gasteiger partial charge >= 0.3 is 11.4 Å². The second-order valence-corrected chi connectivity index (χ2v) is 9.38. The molecule has 0 spiro atoms. The van der Waals surface area contributed by atoms with Crippen LogP contribution in [0.2, 0.25) is 10.0 Å². The summed E-state index contributed by atoms with van der Waals surface area (Å²) in [7, 11) is 1.63. The zero-order valence-electron chi connectivity index (χ0n) is 20.3. The molecule has 0 aliphatic heterocycles. The van der Waals surface area contributed by atoms with Crippen molar-refractivity contribution in [3.8, 4) is 0 Å². The van der Waals surface area contributed by atoms with Gasteiger partial charge < -0.3 is 11.1 Å². The Bertz CT molecular complexity index is 1830. The van der Waals surface area contributed by atoms with Gasteiger partial charge in [0.2, 0.25) is 5.95 Å². The summed E-state index contributed by atoms with van der Waals surface area (Å²) in [5.41, 5.74) is 4.65. The van der Waals surface area contributed by atoms with Gasteiger partial charge in [-0.25, -0.2) is 27.9 Å². The van der Waals surface area contributed by atoms with Crippen LogP contribution in [0.15, 0.2) is 46.4 Å². The van der Waals surface area contributed by atoms with E-state index in [1.54, 1.807) is 30.1 Å². The highest BCUT2D eigenvalue weighted by molar-refractivity contribution is 6.34. The Labute approximate surface area is 228 Å². The molecule has 0 saturated carbocycles. The summed E-state index contributed by atoms with van der Waals surface area (Å²) in [5.74, 6) is -1.94. The summed E-state index contributed by atoms with van der Waals surface area (Å²) in [6, 6.07) is 4.93. The van der Waals surface area contributed by atoms with Gasteiger partial charge in [-0.15, -0.1) is 0 Å². The maximum absolute atomic E-state index is 14.7. The lowest BCUT2D eigenvalue weighted by molar-refractivity contribution is 0.544. The van der Waals surface area contributed by atoms with Crippen LogP contribution in [0, 0.1) is 11.6 Å². The largest absolute Gasteiger partial charge is 0.355 e. The van der Waals surface area contributed by atoms with E-state index in [0.717, 1.165) is 15.2 Å². The fraction of sp³-hybridized carbons (Fsp3) is 0.217. The molecule has 39 heavy (non-hydrogen) atoms. The highest BCUT2D eigenvalue weighted by Gasteiger charge is 2.19. The van der Waals surface area contributed by atoms with Crippen LogP contribution < -0.4 is 22.4 Å². The molecular weight excluding hydrogens is 557 g/mol. The molecule has 12 nitrogen and oxygen atoms in total. The van der Waals surface area contributed by atoms with Gasteiger partial charge in [-0.1, -0.05) is 23.2 Å². The third kappa shape index (κ3) is 5.39. The lowest BCUT2D eigenvalue weighted by Crippen LogP contribution is -2.43. The maximum Gasteiger partial charge on any atom is 0.355 e. The Morgan fingerprint density at radius 3 is 2.51 bits per heavy atom. The van der Waals surface area contributed by atoms with Gasteiger partial charge in [0, 0.05) is 36.8 Å². The first-order chi connectivity index (χ1) is 18.6. The van der Waals surface area contributed by atoms with E-state index in [0.29, 0.717) is 35.7 Å². The Morgan fingerprint density at radius 1 is 1.00 bits per heavy atom. The van der Waals surface area contributed by atoms with Gasteiger partial charge in [0.05, 0.1) is 40.9 Å². The van der Waals surface area contributed by atoms with E-state index in [2.05, 4.69) is 25.5 Å². The minimum atomic E-state index is -0.955. The fourth-order valence-electron chi connectivity index (χ4n) is 3.92. The van der Waals surface area contributed by atoms with E-state index in [4.69, 9.17) is 28.9 Å². The average Bonchev–Trinajstić information content (AvgIpc) is 3.47. The standard InChI is InChI=1S/C23H20Cl2F2N10O2/c1-34-11-29-20(33-34)10-37-22(38)31-21(36(23(37)39)9-12-4-14(24)17(27)7-16(12)26)30-19-5-13-8-35(3-2-28)32-18(13)6-15(19)25/h4-8,11H,2-3,9-10,28H2,1H3,(H,30,31,38). The molecule has 16 heteroatoms. The first-order valence-corrected chi connectivity index (χ1v) is 12.2. The minimum absolute atomic E-state index is 0.112. The summed E-state index contributed by atoms with van der Waals surface area (Å²) >= 11 is 12.3. The fourth-order valence-corrected chi connectivity index (χ4v) is 4.31. The van der Waals surface area contributed by atoms with Crippen molar-refractivity contribution in [2.45, 2.75) is 19.6 Å². The summed E-state index contributed by atoms with van der Waals surface area (Å²) in [4.78, 5) is 34.5. The van der Waals surface area contributed by atoms with Crippen molar-refractivity contribution in [1.29, 1.82) is 0 Å². The maximum atomic E-state index is 14.7. The van der Waals surface area contributed by atoms with E-state index in [9.17, 15) is 18.4 Å². The highest BCUT2D eigenvalue weighted by Crippen LogP contribution is 2.29. The molecule has 0 atom stereocenters. The summed E-state index contributed by atoms with van der Waals surface area (Å²) in [6.07, 6.45) is 3.17. The van der Waals surface area contributed by atoms with Crippen molar-refractivity contribution in [3.63, 3.8) is 0 Å². The first-order valence-electron chi connectivity index (χ1n) is 11.5. The number of aromatic nitrogens is 8. The molecule has 0 unspecified atom stereocenters. The van der Waals surface area contributed by atoms with Crippen molar-refractivity contribution >= 4 is 45.7 Å². The third-order valence-corrected chi connectivity index (χ3v) is 6.36. The van der Waals surface area contributed by atoms with E-state index in [1.165, 1.54) is 11.0 Å². The minimum Gasteiger partial charge on any atom is -0.329 e. The Kier molecular flexibility index (Phi) is 7.16. The van der Waals surface area contributed by atoms with Gasteiger partial charge in [-0.05, 0) is 18.2 Å². The third-order valence-electron chi connectivity index (χ3n) is 5.76. The number of anilines is 2. The molecular formula is C23H20Cl2F2N10O2. The average molecular weight is 577 g/mol. The summed E-state index contributed by atoms with van der Waals surface area (Å²) in [6.45, 7) is 0.151. The quantitative estimate of drug-likeness (QED) is 0.268. The van der Waals surface area contributed by atoms with Crippen LogP contribution in [0.4, 0.5) is 20.4 Å². The van der Waals surface area contributed by atoms with Crippen LogP contribution in [-0.2, 0) is 26.7 Å². The molecule has 3 N–H and O–H groups in total. The van der Waals surface area contributed by atoms with Gasteiger partial charge in [0.15, 0.2) is 5.82 Å². The van der Waals surface area contributed by atoms with Crippen LogP contribution >= 0.6 is 23.2 Å². The number of nitrogens with two attached hydrogens (primary N) is 1. The van der Waals surface area contributed by atoms with E-state index >= 15 is 0 Å². The number of benzene rings is 2. The smallest absolute Gasteiger partial charge is 0.329 e. The van der Waals surface area contributed by atoms with Gasteiger partial charge in [-0.2, -0.15) is 15.2 Å². The molecule has 0 amide bonds. The van der Waals surface area contributed by atoms with Crippen molar-refractivity contribution in [2.24, 2.45) is 12.8 Å². The number of nitrogens with zero attached hydrogens (tertiary/aromatic N) is 8. The SMILES string of the molecule is Cn1cnc(Cn2c(=O)nc(Nc3cc4cn(CCN)nc4cc3Cl)n(Cc3cc(Cl)c(F)cc3F)c2=O)n1. The predicted molar refractivity (Wildman–Crippen MR) is 140 cm³/mol. The first kappa shape index (κ1) is 26.5. The second-order valence-electron chi connectivity index (χ2n) is 8.56. The molecule has 202 valence electrons. The van der Waals surface area contributed by atoms with Crippen LogP contribution in [-0.4, -0.2) is 45.2 Å². The van der Waals surface area contributed by atoms with Crippen LogP contribution in [0.3, 0.4) is 0 Å². The van der Waals surface area contributed by atoms with Crippen LogP contribution in [0.1, 0.15) is 11.4 Å². The number of hydrogen-bond donors (Lipinski definition) is 2. The van der Waals surface area contributed by atoms with Crippen LogP contribution in [0.25, 0.3) is 10.9 Å². The van der Waals surface area contributed by atoms with Crippen molar-refractivity contribution in [2.75, 3.05) is 11.9 Å². The molecule has 3 aromatic heterocycles. The Morgan fingerprint density at radius 2 is 1.79 bits per heavy atom. The summed E-state index contributed by atoms with van der Waals surface area (Å²) in [5, 5.41) is 12.0. The lowest BCUT2D eigenvalue weighted by Gasteiger charge is -2.16. The zero-order chi connectivity index (χ0) is 27.8. The Balaban J connectivity index is 1.62. The molecule has 0 radical (unpaired) electrons. The van der Waals surface area contributed by atoms with Gasteiger partial charge in [-0.3, -0.25) is 13.9 Å². The normalized spacial score (nSPS) is 11.4. The number of rotatable bonds is 8. The molecule has 5 rings (SSSR count). The number of nitrogens with one attached hydrogen (secondary N) is 1. The molecule has 0 bridgehead atoms. The molecule has 0 fully saturated rings. The molecule has 3 heterocycles. The molecule has 0 aliphatic carbocycles. The van der Waals surface area contributed by atoms with Crippen molar-refractivity contribution in [3.05, 3.63) is 90.8 Å². The van der Waals surface area contributed by atoms with Gasteiger partial charge in [0.1, 0.15) is 18.0 Å². The highest BCUT2D eigenvalue weighted by atomic mass is 35.5. The number of fused-ring (bicyclic) bond motifs is 1. The van der Waals surface area contributed by atoms with E-state index in [-0.39, 0.29) is 33.9 Å². The zero-order valence-corrected chi connectivity index (χ0v) is 21.8. The number of aryl methyl sites for hydroxylation is 1.